The van der Waals surface area contributed by atoms with Crippen molar-refractivity contribution < 1.29 is 4.79 Å². The highest BCUT2D eigenvalue weighted by molar-refractivity contribution is 6.30. The fraction of sp³-hybridized carbons (Fsp3) is 0.333. The quantitative estimate of drug-likeness (QED) is 0.865. The Bertz CT molecular complexity index is 677. The second-order valence-corrected chi connectivity index (χ2v) is 6.29. The van der Waals surface area contributed by atoms with Crippen LogP contribution in [0.3, 0.4) is 0 Å². The molecule has 0 unspecified atom stereocenters. The molecule has 4 nitrogen and oxygen atoms in total. The Kier molecular flexibility index (Phi) is 4.82. The van der Waals surface area contributed by atoms with Crippen molar-refractivity contribution in [2.24, 2.45) is 0 Å². The number of benzene rings is 1. The number of hydrogen-bond acceptors (Lipinski definition) is 3. The van der Waals surface area contributed by atoms with E-state index in [-0.39, 0.29) is 11.9 Å². The Labute approximate surface area is 141 Å². The summed E-state index contributed by atoms with van der Waals surface area (Å²) in [4.78, 5) is 20.9. The minimum absolute atomic E-state index is 0.0765. The number of pyridine rings is 1. The highest BCUT2D eigenvalue weighted by atomic mass is 35.5. The van der Waals surface area contributed by atoms with Crippen LogP contribution in [0.4, 0.5) is 5.69 Å². The first-order valence-corrected chi connectivity index (χ1v) is 8.21. The molecule has 23 heavy (non-hydrogen) atoms. The summed E-state index contributed by atoms with van der Waals surface area (Å²) in [5, 5.41) is 0.534. The van der Waals surface area contributed by atoms with Crippen molar-refractivity contribution >= 4 is 23.2 Å². The Morgan fingerprint density at radius 2 is 2.09 bits per heavy atom. The number of carbonyl (C=O) groups is 1. The highest BCUT2D eigenvalue weighted by Gasteiger charge is 2.27. The fourth-order valence-electron chi connectivity index (χ4n) is 3.01. The van der Waals surface area contributed by atoms with E-state index in [2.05, 4.69) is 22.0 Å². The van der Waals surface area contributed by atoms with Crippen molar-refractivity contribution in [3.05, 3.63) is 59.4 Å². The zero-order chi connectivity index (χ0) is 16.2. The lowest BCUT2D eigenvalue weighted by molar-refractivity contribution is 0.0711. The number of likely N-dealkylation sites (N-methyl/N-ethyl adjacent to an activating group) is 1. The summed E-state index contributed by atoms with van der Waals surface area (Å²) in [7, 11) is 1.85. The molecule has 1 saturated heterocycles. The summed E-state index contributed by atoms with van der Waals surface area (Å²) >= 11 is 5.96. The zero-order valence-corrected chi connectivity index (χ0v) is 13.9. The van der Waals surface area contributed by atoms with Crippen molar-refractivity contribution in [1.82, 2.24) is 9.88 Å². The molecule has 0 N–H and O–H groups in total. The molecule has 0 spiro atoms. The number of aromatic nitrogens is 1. The predicted octanol–water partition coefficient (Wildman–Crippen LogP) is 3.48. The van der Waals surface area contributed by atoms with Crippen LogP contribution in [0.1, 0.15) is 23.3 Å². The third-order valence-corrected chi connectivity index (χ3v) is 4.56. The van der Waals surface area contributed by atoms with Gasteiger partial charge in [0.2, 0.25) is 0 Å². The molecular formula is C18H20ClN3O. The maximum Gasteiger partial charge on any atom is 0.272 e. The van der Waals surface area contributed by atoms with E-state index in [1.165, 1.54) is 5.69 Å². The number of carbonyl (C=O) groups excluding carboxylic acids is 1. The Morgan fingerprint density at radius 3 is 2.83 bits per heavy atom. The van der Waals surface area contributed by atoms with Crippen molar-refractivity contribution in [2.75, 3.05) is 25.0 Å². The van der Waals surface area contributed by atoms with Crippen LogP contribution in [0.2, 0.25) is 5.02 Å². The molecule has 1 aromatic carbocycles. The average Bonchev–Trinajstić information content (AvgIpc) is 2.61. The van der Waals surface area contributed by atoms with Crippen LogP contribution < -0.4 is 4.90 Å². The Hall–Kier alpha value is -2.07. The van der Waals surface area contributed by atoms with Crippen LogP contribution in [0, 0.1) is 0 Å². The van der Waals surface area contributed by atoms with Gasteiger partial charge < -0.3 is 9.80 Å². The second kappa shape index (κ2) is 7.01. The third-order valence-electron chi connectivity index (χ3n) is 4.33. The van der Waals surface area contributed by atoms with Gasteiger partial charge >= 0.3 is 0 Å². The van der Waals surface area contributed by atoms with Crippen LogP contribution in [0.5, 0.6) is 0 Å². The third kappa shape index (κ3) is 3.64. The minimum atomic E-state index is -0.0765. The summed E-state index contributed by atoms with van der Waals surface area (Å²) in [5.41, 5.74) is 1.61. The maximum absolute atomic E-state index is 12.6. The van der Waals surface area contributed by atoms with Crippen LogP contribution in [-0.4, -0.2) is 42.0 Å². The molecule has 0 aliphatic carbocycles. The second-order valence-electron chi connectivity index (χ2n) is 5.85. The summed E-state index contributed by atoms with van der Waals surface area (Å²) in [6.45, 7) is 1.87. The molecule has 1 aromatic heterocycles. The number of amides is 1. The summed E-state index contributed by atoms with van der Waals surface area (Å²) in [6, 6.07) is 13.8. The number of hydrogen-bond donors (Lipinski definition) is 0. The fourth-order valence-corrected chi connectivity index (χ4v) is 3.17. The lowest BCUT2D eigenvalue weighted by Gasteiger charge is -2.38. The van der Waals surface area contributed by atoms with Gasteiger partial charge in [-0.15, -0.1) is 0 Å². The number of piperidine rings is 1. The topological polar surface area (TPSA) is 36.4 Å². The maximum atomic E-state index is 12.6. The number of rotatable bonds is 3. The molecule has 1 atom stereocenters. The van der Waals surface area contributed by atoms with E-state index < -0.39 is 0 Å². The SMILES string of the molecule is CN(C(=O)c1cc(Cl)ccn1)[C@H]1CCCN(c2ccccc2)C1. The lowest BCUT2D eigenvalue weighted by atomic mass is 10.0. The van der Waals surface area contributed by atoms with Gasteiger partial charge in [-0.1, -0.05) is 29.8 Å². The average molecular weight is 330 g/mol. The van der Waals surface area contributed by atoms with Gasteiger partial charge in [-0.25, -0.2) is 0 Å². The van der Waals surface area contributed by atoms with Crippen LogP contribution in [0.25, 0.3) is 0 Å². The molecule has 2 aromatic rings. The summed E-state index contributed by atoms with van der Waals surface area (Å²) in [6.07, 6.45) is 3.65. The molecule has 1 amide bonds. The summed E-state index contributed by atoms with van der Waals surface area (Å²) in [5.74, 6) is -0.0765. The van der Waals surface area contributed by atoms with E-state index in [1.807, 2.05) is 25.2 Å². The van der Waals surface area contributed by atoms with Gasteiger partial charge in [-0.3, -0.25) is 9.78 Å². The Balaban J connectivity index is 1.72. The van der Waals surface area contributed by atoms with Gasteiger partial charge in [0.15, 0.2) is 0 Å². The van der Waals surface area contributed by atoms with Crippen molar-refractivity contribution in [3.8, 4) is 0 Å². The molecule has 5 heteroatoms. The molecule has 1 aliphatic rings. The molecule has 1 aliphatic heterocycles. The van der Waals surface area contributed by atoms with E-state index >= 15 is 0 Å². The predicted molar refractivity (Wildman–Crippen MR) is 93.0 cm³/mol. The van der Waals surface area contributed by atoms with Gasteiger partial charge in [-0.2, -0.15) is 0 Å². The van der Waals surface area contributed by atoms with Crippen molar-refractivity contribution in [3.63, 3.8) is 0 Å². The van der Waals surface area contributed by atoms with Crippen LogP contribution >= 0.6 is 11.6 Å². The van der Waals surface area contributed by atoms with Gasteiger partial charge in [0, 0.05) is 43.1 Å². The van der Waals surface area contributed by atoms with Gasteiger partial charge in [-0.05, 0) is 37.1 Å². The highest BCUT2D eigenvalue weighted by Crippen LogP contribution is 2.22. The molecule has 0 saturated carbocycles. The van der Waals surface area contributed by atoms with Crippen molar-refractivity contribution in [1.29, 1.82) is 0 Å². The minimum Gasteiger partial charge on any atom is -0.369 e. The van der Waals surface area contributed by atoms with E-state index in [1.54, 1.807) is 23.2 Å². The number of anilines is 1. The van der Waals surface area contributed by atoms with E-state index in [0.29, 0.717) is 10.7 Å². The molecule has 3 rings (SSSR count). The van der Waals surface area contributed by atoms with E-state index in [9.17, 15) is 4.79 Å². The molecule has 1 fully saturated rings. The molecular weight excluding hydrogens is 310 g/mol. The van der Waals surface area contributed by atoms with Crippen molar-refractivity contribution in [2.45, 2.75) is 18.9 Å². The first kappa shape index (κ1) is 15.8. The first-order chi connectivity index (χ1) is 11.1. The van der Waals surface area contributed by atoms with Gasteiger partial charge in [0.25, 0.3) is 5.91 Å². The number of nitrogens with zero attached hydrogens (tertiary/aromatic N) is 3. The molecule has 120 valence electrons. The molecule has 0 radical (unpaired) electrons. The largest absolute Gasteiger partial charge is 0.369 e. The molecule has 0 bridgehead atoms. The lowest BCUT2D eigenvalue weighted by Crippen LogP contribution is -2.48. The smallest absolute Gasteiger partial charge is 0.272 e. The van der Waals surface area contributed by atoms with Gasteiger partial charge in [0.05, 0.1) is 0 Å². The number of para-hydroxylation sites is 1. The van der Waals surface area contributed by atoms with Gasteiger partial charge in [0.1, 0.15) is 5.69 Å². The van der Waals surface area contributed by atoms with Crippen LogP contribution in [-0.2, 0) is 0 Å². The number of halogens is 1. The standard InChI is InChI=1S/C18H20ClN3O/c1-21(18(23)17-12-14(19)9-10-20-17)16-8-5-11-22(13-16)15-6-3-2-4-7-15/h2-4,6-7,9-10,12,16H,5,8,11,13H2,1H3/t16-/m0/s1. The van der Waals surface area contributed by atoms with E-state index in [0.717, 1.165) is 25.9 Å². The Morgan fingerprint density at radius 1 is 1.30 bits per heavy atom. The van der Waals surface area contributed by atoms with Crippen LogP contribution in [0.15, 0.2) is 48.7 Å². The first-order valence-electron chi connectivity index (χ1n) is 7.84. The van der Waals surface area contributed by atoms with E-state index in [4.69, 9.17) is 11.6 Å². The molecule has 2 heterocycles. The monoisotopic (exact) mass is 329 g/mol. The zero-order valence-electron chi connectivity index (χ0n) is 13.2. The normalized spacial score (nSPS) is 17.8. The summed E-state index contributed by atoms with van der Waals surface area (Å²) < 4.78 is 0.